The minimum Gasteiger partial charge on any atom is -0.382 e. The van der Waals surface area contributed by atoms with Crippen molar-refractivity contribution in [2.45, 2.75) is 25.5 Å². The van der Waals surface area contributed by atoms with Gasteiger partial charge in [0.1, 0.15) is 0 Å². The summed E-state index contributed by atoms with van der Waals surface area (Å²) in [5, 5.41) is 3.32. The van der Waals surface area contributed by atoms with Crippen LogP contribution in [0.1, 0.15) is 25.3 Å². The Bertz CT molecular complexity index is 716. The molecule has 1 N–H and O–H groups in total. The zero-order chi connectivity index (χ0) is 21.0. The zero-order valence-electron chi connectivity index (χ0n) is 18.1. The lowest BCUT2D eigenvalue weighted by Gasteiger charge is -2.21. The number of benzene rings is 1. The average Bonchev–Trinajstić information content (AvgIpc) is 3.17. The van der Waals surface area contributed by atoms with Gasteiger partial charge in [0.2, 0.25) is 0 Å². The molecule has 0 aromatic heterocycles. The van der Waals surface area contributed by atoms with Crippen LogP contribution >= 0.6 is 24.0 Å². The zero-order valence-corrected chi connectivity index (χ0v) is 21.2. The number of nitrogens with one attached hydrogen (secondary N) is 1. The lowest BCUT2D eigenvalue weighted by molar-refractivity contribution is 0.0536. The van der Waals surface area contributed by atoms with Crippen LogP contribution in [0.5, 0.6) is 0 Å². The highest BCUT2D eigenvalue weighted by Gasteiger charge is 2.25. The fraction of sp³-hybridized carbons (Fsp3) is 0.667. The molecule has 30 heavy (non-hydrogen) atoms. The molecule has 9 heteroatoms. The number of aliphatic imine (C=N–C) groups is 1. The minimum absolute atomic E-state index is 0. The summed E-state index contributed by atoms with van der Waals surface area (Å²) in [6.07, 6.45) is 1.60. The van der Waals surface area contributed by atoms with E-state index in [1.807, 2.05) is 37.3 Å². The van der Waals surface area contributed by atoms with E-state index in [1.165, 1.54) is 0 Å². The van der Waals surface area contributed by atoms with Gasteiger partial charge in [-0.2, -0.15) is 0 Å². The number of guanidine groups is 1. The highest BCUT2D eigenvalue weighted by molar-refractivity contribution is 14.0. The van der Waals surface area contributed by atoms with E-state index in [-0.39, 0.29) is 35.5 Å². The van der Waals surface area contributed by atoms with Gasteiger partial charge in [-0.05, 0) is 25.3 Å². The first-order valence-electron chi connectivity index (χ1n) is 10.4. The van der Waals surface area contributed by atoms with Gasteiger partial charge in [-0.15, -0.1) is 24.0 Å². The molecule has 1 unspecified atom stereocenters. The Balaban J connectivity index is 0.00000450. The number of hydrogen-bond acceptors (Lipinski definition) is 5. The maximum absolute atomic E-state index is 12.3. The minimum atomic E-state index is -3.12. The van der Waals surface area contributed by atoms with Crippen molar-refractivity contribution in [1.82, 2.24) is 10.2 Å². The van der Waals surface area contributed by atoms with Crippen LogP contribution in [0.25, 0.3) is 0 Å². The Morgan fingerprint density at radius 1 is 1.27 bits per heavy atom. The molecule has 1 heterocycles. The molecular weight excluding hydrogens is 517 g/mol. The number of ether oxygens (including phenoxy) is 2. The summed E-state index contributed by atoms with van der Waals surface area (Å²) in [5.41, 5.74) is 0.833. The van der Waals surface area contributed by atoms with Gasteiger partial charge in [-0.1, -0.05) is 30.3 Å². The number of rotatable bonds is 12. The topological polar surface area (TPSA) is 80.2 Å². The molecule has 0 amide bonds. The highest BCUT2D eigenvalue weighted by atomic mass is 127. The maximum Gasteiger partial charge on any atom is 0.193 e. The first-order chi connectivity index (χ1) is 14.0. The molecule has 1 aromatic carbocycles. The van der Waals surface area contributed by atoms with Crippen molar-refractivity contribution in [2.75, 3.05) is 58.9 Å². The van der Waals surface area contributed by atoms with Crippen LogP contribution in [0, 0.1) is 5.92 Å². The number of methoxy groups -OCH3 is 1. The fourth-order valence-electron chi connectivity index (χ4n) is 3.35. The van der Waals surface area contributed by atoms with Crippen LogP contribution in [0.2, 0.25) is 0 Å². The molecule has 1 aliphatic heterocycles. The number of halogens is 1. The van der Waals surface area contributed by atoms with Gasteiger partial charge in [0, 0.05) is 39.2 Å². The number of sulfone groups is 1. The molecule has 1 atom stereocenters. The maximum atomic E-state index is 12.3. The monoisotopic (exact) mass is 553 g/mol. The van der Waals surface area contributed by atoms with E-state index in [9.17, 15) is 8.42 Å². The second kappa shape index (κ2) is 15.0. The highest BCUT2D eigenvalue weighted by Crippen LogP contribution is 2.17. The molecule has 0 bridgehead atoms. The van der Waals surface area contributed by atoms with E-state index in [4.69, 9.17) is 9.47 Å². The molecule has 1 fully saturated rings. The quantitative estimate of drug-likeness (QED) is 0.186. The molecule has 1 aromatic rings. The summed E-state index contributed by atoms with van der Waals surface area (Å²) in [7, 11) is -1.44. The number of hydrogen-bond donors (Lipinski definition) is 1. The van der Waals surface area contributed by atoms with Crippen LogP contribution in [0.15, 0.2) is 35.3 Å². The molecule has 7 nitrogen and oxygen atoms in total. The van der Waals surface area contributed by atoms with Gasteiger partial charge in [0.15, 0.2) is 15.8 Å². The molecule has 0 saturated carbocycles. The first-order valence-corrected chi connectivity index (χ1v) is 12.2. The van der Waals surface area contributed by atoms with Crippen LogP contribution in [-0.4, -0.2) is 78.1 Å². The van der Waals surface area contributed by atoms with Crippen molar-refractivity contribution in [3.63, 3.8) is 0 Å². The summed E-state index contributed by atoms with van der Waals surface area (Å²) < 4.78 is 35.3. The van der Waals surface area contributed by atoms with Crippen molar-refractivity contribution in [1.29, 1.82) is 0 Å². The SMILES string of the molecule is CCNC(=NCCCS(=O)(=O)Cc1ccccc1)N1CCC(COCCOC)C1.I. The fourth-order valence-corrected chi connectivity index (χ4v) is 4.76. The van der Waals surface area contributed by atoms with Gasteiger partial charge in [0.25, 0.3) is 0 Å². The van der Waals surface area contributed by atoms with Gasteiger partial charge in [-0.3, -0.25) is 4.99 Å². The van der Waals surface area contributed by atoms with Crippen molar-refractivity contribution in [2.24, 2.45) is 10.9 Å². The number of likely N-dealkylation sites (tertiary alicyclic amines) is 1. The lowest BCUT2D eigenvalue weighted by Crippen LogP contribution is -2.40. The Morgan fingerprint density at radius 3 is 2.73 bits per heavy atom. The van der Waals surface area contributed by atoms with E-state index in [0.717, 1.165) is 44.2 Å². The van der Waals surface area contributed by atoms with Crippen LogP contribution in [0.4, 0.5) is 0 Å². The predicted octanol–water partition coefficient (Wildman–Crippen LogP) is 2.56. The Hall–Kier alpha value is -0.910. The third-order valence-electron chi connectivity index (χ3n) is 4.81. The normalized spacial score (nSPS) is 17.1. The lowest BCUT2D eigenvalue weighted by atomic mass is 10.1. The molecular formula is C21H36IN3O4S. The van der Waals surface area contributed by atoms with E-state index in [1.54, 1.807) is 7.11 Å². The van der Waals surface area contributed by atoms with E-state index in [2.05, 4.69) is 15.2 Å². The van der Waals surface area contributed by atoms with E-state index < -0.39 is 9.84 Å². The van der Waals surface area contributed by atoms with E-state index >= 15 is 0 Å². The van der Waals surface area contributed by atoms with Crippen LogP contribution in [-0.2, 0) is 25.1 Å². The molecule has 172 valence electrons. The van der Waals surface area contributed by atoms with E-state index in [0.29, 0.717) is 32.1 Å². The second-order valence-electron chi connectivity index (χ2n) is 7.34. The van der Waals surface area contributed by atoms with Gasteiger partial charge in [-0.25, -0.2) is 8.42 Å². The summed E-state index contributed by atoms with van der Waals surface area (Å²) in [6.45, 7) is 7.16. The van der Waals surface area contributed by atoms with Gasteiger partial charge >= 0.3 is 0 Å². The third-order valence-corrected chi connectivity index (χ3v) is 6.49. The number of nitrogens with zero attached hydrogens (tertiary/aromatic N) is 2. The smallest absolute Gasteiger partial charge is 0.193 e. The molecule has 0 aliphatic carbocycles. The molecule has 1 aliphatic rings. The summed E-state index contributed by atoms with van der Waals surface area (Å²) in [4.78, 5) is 6.90. The van der Waals surface area contributed by atoms with Crippen LogP contribution in [0.3, 0.4) is 0 Å². The summed E-state index contributed by atoms with van der Waals surface area (Å²) in [5.74, 6) is 1.60. The van der Waals surface area contributed by atoms with Crippen LogP contribution < -0.4 is 5.32 Å². The predicted molar refractivity (Wildman–Crippen MR) is 132 cm³/mol. The van der Waals surface area contributed by atoms with Crippen molar-refractivity contribution >= 4 is 39.8 Å². The Morgan fingerprint density at radius 2 is 2.03 bits per heavy atom. The molecule has 1 saturated heterocycles. The van der Waals surface area contributed by atoms with Crippen molar-refractivity contribution < 1.29 is 17.9 Å². The molecule has 0 radical (unpaired) electrons. The van der Waals surface area contributed by atoms with Gasteiger partial charge in [0.05, 0.1) is 31.3 Å². The Kier molecular flexibility index (Phi) is 13.5. The summed E-state index contributed by atoms with van der Waals surface area (Å²) >= 11 is 0. The Labute approximate surface area is 198 Å². The van der Waals surface area contributed by atoms with Gasteiger partial charge < -0.3 is 19.7 Å². The first kappa shape index (κ1) is 27.1. The van der Waals surface area contributed by atoms with Crippen molar-refractivity contribution in [3.05, 3.63) is 35.9 Å². The largest absolute Gasteiger partial charge is 0.382 e. The third kappa shape index (κ3) is 10.4. The summed E-state index contributed by atoms with van der Waals surface area (Å²) in [6, 6.07) is 9.32. The second-order valence-corrected chi connectivity index (χ2v) is 9.52. The van der Waals surface area contributed by atoms with Crippen molar-refractivity contribution in [3.8, 4) is 0 Å². The standard InChI is InChI=1S/C21H35N3O4S.HI/c1-3-22-21(24-12-10-20(16-24)17-28-14-13-27-2)23-11-7-15-29(25,26)18-19-8-5-4-6-9-19;/h4-6,8-9,20H,3,7,10-18H2,1-2H3,(H,22,23);1H. The molecule has 0 spiro atoms. The average molecular weight is 554 g/mol. The molecule has 2 rings (SSSR count).